The second kappa shape index (κ2) is 7.57. The number of aromatic nitrogens is 3. The number of halogens is 1. The molecule has 0 unspecified atom stereocenters. The van der Waals surface area contributed by atoms with Gasteiger partial charge in [0.05, 0.1) is 10.9 Å². The van der Waals surface area contributed by atoms with E-state index in [-0.39, 0.29) is 11.6 Å². The third-order valence-electron chi connectivity index (χ3n) is 3.76. The van der Waals surface area contributed by atoms with Crippen molar-refractivity contribution in [3.63, 3.8) is 0 Å². The highest BCUT2D eigenvalue weighted by Crippen LogP contribution is 2.26. The summed E-state index contributed by atoms with van der Waals surface area (Å²) in [5, 5.41) is 10.6. The number of hydrogen-bond donors (Lipinski definition) is 2. The summed E-state index contributed by atoms with van der Waals surface area (Å²) in [5.74, 6) is 5.75. The fourth-order valence-electron chi connectivity index (χ4n) is 2.27. The Morgan fingerprint density at radius 2 is 1.88 bits per heavy atom. The van der Waals surface area contributed by atoms with E-state index in [2.05, 4.69) is 15.5 Å². The Hall–Kier alpha value is -2.87. The van der Waals surface area contributed by atoms with Gasteiger partial charge >= 0.3 is 0 Å². The molecule has 0 bridgehead atoms. The van der Waals surface area contributed by atoms with Crippen molar-refractivity contribution in [3.05, 3.63) is 59.9 Å². The number of rotatable bonds is 5. The number of nitrogen functional groups attached to an aromatic ring is 1. The smallest absolute Gasteiger partial charge is 0.237 e. The van der Waals surface area contributed by atoms with Crippen LogP contribution in [0.1, 0.15) is 12.5 Å². The molecule has 1 atom stereocenters. The molecule has 0 aliphatic heterocycles. The quantitative estimate of drug-likeness (QED) is 0.531. The van der Waals surface area contributed by atoms with E-state index in [1.165, 1.54) is 16.8 Å². The highest BCUT2D eigenvalue weighted by atomic mass is 32.2. The van der Waals surface area contributed by atoms with Crippen molar-refractivity contribution in [1.29, 1.82) is 0 Å². The number of anilines is 1. The Balaban J connectivity index is 1.71. The lowest BCUT2D eigenvalue weighted by Crippen LogP contribution is -2.24. The average molecular weight is 371 g/mol. The van der Waals surface area contributed by atoms with E-state index in [0.29, 0.717) is 11.0 Å². The highest BCUT2D eigenvalue weighted by Gasteiger charge is 2.20. The fraction of sp³-hybridized carbons (Fsp3) is 0.167. The lowest BCUT2D eigenvalue weighted by molar-refractivity contribution is -0.115. The maximum Gasteiger partial charge on any atom is 0.237 e. The number of para-hydroxylation sites is 1. The summed E-state index contributed by atoms with van der Waals surface area (Å²) in [7, 11) is 0. The van der Waals surface area contributed by atoms with Crippen LogP contribution in [0.5, 0.6) is 0 Å². The van der Waals surface area contributed by atoms with E-state index in [9.17, 15) is 9.18 Å². The van der Waals surface area contributed by atoms with Crippen LogP contribution >= 0.6 is 11.8 Å². The van der Waals surface area contributed by atoms with Gasteiger partial charge in [0.2, 0.25) is 11.1 Å². The van der Waals surface area contributed by atoms with Crippen LogP contribution in [0.25, 0.3) is 11.4 Å². The Bertz CT molecular complexity index is 926. The lowest BCUT2D eigenvalue weighted by Gasteiger charge is -2.12. The minimum atomic E-state index is -0.535. The zero-order chi connectivity index (χ0) is 18.7. The molecule has 1 heterocycles. The topological polar surface area (TPSA) is 85.8 Å². The third-order valence-corrected chi connectivity index (χ3v) is 4.81. The second-order valence-corrected chi connectivity index (χ2v) is 7.08. The fourth-order valence-corrected chi connectivity index (χ4v) is 3.04. The van der Waals surface area contributed by atoms with Gasteiger partial charge in [0.1, 0.15) is 5.82 Å². The van der Waals surface area contributed by atoms with Crippen molar-refractivity contribution in [3.8, 4) is 11.4 Å². The number of hydrogen-bond acceptors (Lipinski definition) is 5. The molecule has 134 valence electrons. The normalized spacial score (nSPS) is 12.0. The third kappa shape index (κ3) is 3.85. The Labute approximate surface area is 154 Å². The van der Waals surface area contributed by atoms with Crippen molar-refractivity contribution in [2.45, 2.75) is 24.3 Å². The van der Waals surface area contributed by atoms with E-state index < -0.39 is 11.1 Å². The van der Waals surface area contributed by atoms with E-state index in [1.54, 1.807) is 19.1 Å². The zero-order valence-electron chi connectivity index (χ0n) is 14.3. The molecule has 0 radical (unpaired) electrons. The van der Waals surface area contributed by atoms with Crippen LogP contribution in [0.2, 0.25) is 0 Å². The summed E-state index contributed by atoms with van der Waals surface area (Å²) in [6.45, 7) is 3.69. The molecule has 8 heteroatoms. The van der Waals surface area contributed by atoms with Crippen LogP contribution in [0.4, 0.5) is 10.1 Å². The first-order chi connectivity index (χ1) is 12.5. The van der Waals surface area contributed by atoms with Crippen molar-refractivity contribution in [1.82, 2.24) is 14.9 Å². The molecular weight excluding hydrogens is 353 g/mol. The van der Waals surface area contributed by atoms with Gasteiger partial charge in [-0.25, -0.2) is 9.07 Å². The monoisotopic (exact) mass is 371 g/mol. The van der Waals surface area contributed by atoms with Gasteiger partial charge in [0, 0.05) is 5.56 Å². The molecule has 0 saturated heterocycles. The first-order valence-corrected chi connectivity index (χ1v) is 8.83. The molecule has 2 aromatic carbocycles. The second-order valence-electron chi connectivity index (χ2n) is 5.77. The van der Waals surface area contributed by atoms with E-state index in [0.717, 1.165) is 22.9 Å². The molecule has 0 saturated carbocycles. The molecule has 3 aromatic rings. The predicted molar refractivity (Wildman–Crippen MR) is 101 cm³/mol. The van der Waals surface area contributed by atoms with Crippen molar-refractivity contribution in [2.24, 2.45) is 0 Å². The van der Waals surface area contributed by atoms with Gasteiger partial charge < -0.3 is 11.2 Å². The number of thioether (sulfide) groups is 1. The number of carbonyl (C=O) groups excluding carboxylic acids is 1. The molecule has 0 aliphatic carbocycles. The van der Waals surface area contributed by atoms with Gasteiger partial charge in [-0.2, -0.15) is 0 Å². The van der Waals surface area contributed by atoms with E-state index >= 15 is 0 Å². The Morgan fingerprint density at radius 3 is 2.58 bits per heavy atom. The van der Waals surface area contributed by atoms with Gasteiger partial charge in [-0.05, 0) is 26.0 Å². The van der Waals surface area contributed by atoms with E-state index in [4.69, 9.17) is 5.84 Å². The predicted octanol–water partition coefficient (Wildman–Crippen LogP) is 3.23. The summed E-state index contributed by atoms with van der Waals surface area (Å²) in [5.41, 5.74) is 2.10. The van der Waals surface area contributed by atoms with Crippen molar-refractivity contribution >= 4 is 23.4 Å². The molecule has 0 spiro atoms. The largest absolute Gasteiger partial charge is 0.335 e. The van der Waals surface area contributed by atoms with Gasteiger partial charge in [-0.3, -0.25) is 4.79 Å². The standard InChI is InChI=1S/C18H18FN5OS/c1-11-7-9-13(10-8-11)16-22-23-18(24(16)20)26-12(2)17(25)21-15-6-4-3-5-14(15)19/h3-10,12H,20H2,1-2H3,(H,21,25)/t12-/m0/s1. The van der Waals surface area contributed by atoms with E-state index in [1.807, 2.05) is 31.2 Å². The number of carbonyl (C=O) groups is 1. The average Bonchev–Trinajstić information content (AvgIpc) is 2.98. The van der Waals surface area contributed by atoms with Crippen LogP contribution in [0, 0.1) is 12.7 Å². The molecule has 3 N–H and O–H groups in total. The first-order valence-electron chi connectivity index (χ1n) is 7.95. The lowest BCUT2D eigenvalue weighted by atomic mass is 10.1. The van der Waals surface area contributed by atoms with Crippen molar-refractivity contribution in [2.75, 3.05) is 11.2 Å². The number of nitrogens with two attached hydrogens (primary N) is 1. The van der Waals surface area contributed by atoms with Crippen LogP contribution in [-0.2, 0) is 4.79 Å². The molecule has 1 amide bonds. The summed E-state index contributed by atoms with van der Waals surface area (Å²) in [4.78, 5) is 12.3. The number of amides is 1. The highest BCUT2D eigenvalue weighted by molar-refractivity contribution is 8.00. The summed E-state index contributed by atoms with van der Waals surface area (Å²) < 4.78 is 15.0. The molecule has 1 aromatic heterocycles. The van der Waals surface area contributed by atoms with Gasteiger partial charge in [-0.15, -0.1) is 10.2 Å². The van der Waals surface area contributed by atoms with Crippen LogP contribution in [-0.4, -0.2) is 26.0 Å². The molecular formula is C18H18FN5OS. The summed E-state index contributed by atoms with van der Waals surface area (Å²) >= 11 is 1.15. The first kappa shape index (κ1) is 17.9. The van der Waals surface area contributed by atoms with Crippen molar-refractivity contribution < 1.29 is 9.18 Å². The number of aryl methyl sites for hydroxylation is 1. The minimum Gasteiger partial charge on any atom is -0.335 e. The molecule has 3 rings (SSSR count). The summed E-state index contributed by atoms with van der Waals surface area (Å²) in [6.07, 6.45) is 0. The van der Waals surface area contributed by atoms with Gasteiger partial charge in [0.25, 0.3) is 0 Å². The number of nitrogens with zero attached hydrogens (tertiary/aromatic N) is 3. The Morgan fingerprint density at radius 1 is 1.19 bits per heavy atom. The zero-order valence-corrected chi connectivity index (χ0v) is 15.1. The molecule has 0 fully saturated rings. The van der Waals surface area contributed by atoms with Crippen LogP contribution in [0.3, 0.4) is 0 Å². The SMILES string of the molecule is Cc1ccc(-c2nnc(S[C@@H](C)C(=O)Nc3ccccc3F)n2N)cc1. The number of benzene rings is 2. The molecule has 26 heavy (non-hydrogen) atoms. The Kier molecular flexibility index (Phi) is 5.22. The maximum atomic E-state index is 13.7. The van der Waals surface area contributed by atoms with Gasteiger partial charge in [0.15, 0.2) is 5.82 Å². The molecule has 6 nitrogen and oxygen atoms in total. The van der Waals surface area contributed by atoms with Crippen LogP contribution < -0.4 is 11.2 Å². The molecule has 0 aliphatic rings. The van der Waals surface area contributed by atoms with Gasteiger partial charge in [-0.1, -0.05) is 53.7 Å². The van der Waals surface area contributed by atoms with Crippen LogP contribution in [0.15, 0.2) is 53.7 Å². The maximum absolute atomic E-state index is 13.7. The summed E-state index contributed by atoms with van der Waals surface area (Å²) in [6, 6.07) is 13.7. The number of nitrogens with one attached hydrogen (secondary N) is 1. The minimum absolute atomic E-state index is 0.138.